The quantitative estimate of drug-likeness (QED) is 0.534. The van der Waals surface area contributed by atoms with Crippen LogP contribution in [0.4, 0.5) is 15.8 Å². The van der Waals surface area contributed by atoms with Crippen molar-refractivity contribution in [1.82, 2.24) is 0 Å². The molecule has 1 aliphatic rings. The number of hydrogen-bond acceptors (Lipinski definition) is 4. The number of ether oxygens (including phenoxy) is 1. The minimum Gasteiger partial charge on any atom is -0.494 e. The summed E-state index contributed by atoms with van der Waals surface area (Å²) in [6.45, 7) is 2.39. The van der Waals surface area contributed by atoms with Gasteiger partial charge in [-0.25, -0.2) is 9.29 Å². The van der Waals surface area contributed by atoms with Gasteiger partial charge in [0.1, 0.15) is 17.3 Å². The lowest BCUT2D eigenvalue weighted by Crippen LogP contribution is -2.32. The molecule has 1 aliphatic heterocycles. The summed E-state index contributed by atoms with van der Waals surface area (Å²) in [6, 6.07) is 19.1. The Morgan fingerprint density at radius 1 is 0.935 bits per heavy atom. The van der Waals surface area contributed by atoms with Crippen LogP contribution in [0.2, 0.25) is 5.02 Å². The van der Waals surface area contributed by atoms with Crippen molar-refractivity contribution in [2.45, 2.75) is 6.92 Å². The van der Waals surface area contributed by atoms with Crippen LogP contribution in [-0.2, 0) is 9.59 Å². The molecule has 0 fully saturated rings. The standard InChI is InChI=1S/C24H18ClFN2O3/c1-2-31-18-13-7-15(8-14-18)21-22(27-17-11-9-16(26)10-12-17)24(30)28(23(21)29)20-6-4-3-5-19(20)25/h3-14,27H,2H2,1H3. The van der Waals surface area contributed by atoms with E-state index in [1.54, 1.807) is 48.5 Å². The molecule has 4 rings (SSSR count). The zero-order valence-electron chi connectivity index (χ0n) is 16.6. The largest absolute Gasteiger partial charge is 0.494 e. The molecule has 2 amide bonds. The van der Waals surface area contributed by atoms with Crippen LogP contribution in [0.15, 0.2) is 78.5 Å². The Hall–Kier alpha value is -3.64. The number of nitrogens with zero attached hydrogens (tertiary/aromatic N) is 1. The first kappa shape index (κ1) is 20.6. The van der Waals surface area contributed by atoms with Gasteiger partial charge in [-0.15, -0.1) is 0 Å². The molecule has 0 unspecified atom stereocenters. The lowest BCUT2D eigenvalue weighted by atomic mass is 10.0. The van der Waals surface area contributed by atoms with Crippen molar-refractivity contribution < 1.29 is 18.7 Å². The van der Waals surface area contributed by atoms with Gasteiger partial charge in [-0.2, -0.15) is 0 Å². The molecule has 31 heavy (non-hydrogen) atoms. The van der Waals surface area contributed by atoms with Crippen molar-refractivity contribution in [3.63, 3.8) is 0 Å². The topological polar surface area (TPSA) is 58.6 Å². The van der Waals surface area contributed by atoms with Gasteiger partial charge in [0.2, 0.25) is 0 Å². The third-order valence-corrected chi connectivity index (χ3v) is 5.06. The number of imide groups is 1. The van der Waals surface area contributed by atoms with Crippen LogP contribution in [0.3, 0.4) is 0 Å². The highest BCUT2D eigenvalue weighted by molar-refractivity contribution is 6.48. The van der Waals surface area contributed by atoms with Crippen LogP contribution in [0.1, 0.15) is 12.5 Å². The van der Waals surface area contributed by atoms with Crippen LogP contribution >= 0.6 is 11.6 Å². The van der Waals surface area contributed by atoms with Gasteiger partial charge in [0.05, 0.1) is 22.9 Å². The first-order valence-corrected chi connectivity index (χ1v) is 10.0. The Labute approximate surface area is 183 Å². The van der Waals surface area contributed by atoms with E-state index in [2.05, 4.69) is 5.32 Å². The van der Waals surface area contributed by atoms with Gasteiger partial charge in [-0.05, 0) is 61.0 Å². The van der Waals surface area contributed by atoms with Gasteiger partial charge in [-0.1, -0.05) is 35.9 Å². The molecule has 0 aliphatic carbocycles. The molecule has 0 aromatic heterocycles. The average Bonchev–Trinajstić information content (AvgIpc) is 3.00. The predicted molar refractivity (Wildman–Crippen MR) is 118 cm³/mol. The summed E-state index contributed by atoms with van der Waals surface area (Å²) < 4.78 is 18.8. The van der Waals surface area contributed by atoms with Crippen LogP contribution in [0, 0.1) is 5.82 Å². The Morgan fingerprint density at radius 3 is 2.26 bits per heavy atom. The lowest BCUT2D eigenvalue weighted by molar-refractivity contribution is -0.120. The molecule has 156 valence electrons. The van der Waals surface area contributed by atoms with Gasteiger partial charge in [-0.3, -0.25) is 9.59 Å². The molecule has 7 heteroatoms. The third-order valence-electron chi connectivity index (χ3n) is 4.74. The van der Waals surface area contributed by atoms with Crippen molar-refractivity contribution in [2.24, 2.45) is 0 Å². The second-order valence-corrected chi connectivity index (χ2v) is 7.14. The van der Waals surface area contributed by atoms with E-state index in [0.29, 0.717) is 29.3 Å². The van der Waals surface area contributed by atoms with Crippen molar-refractivity contribution in [2.75, 3.05) is 16.8 Å². The Balaban J connectivity index is 1.80. The summed E-state index contributed by atoms with van der Waals surface area (Å²) in [5, 5.41) is 3.26. The van der Waals surface area contributed by atoms with Crippen LogP contribution in [-0.4, -0.2) is 18.4 Å². The highest BCUT2D eigenvalue weighted by Crippen LogP contribution is 2.37. The number of rotatable bonds is 6. The van der Waals surface area contributed by atoms with Crippen LogP contribution in [0.25, 0.3) is 5.57 Å². The molecule has 0 atom stereocenters. The second-order valence-electron chi connectivity index (χ2n) is 6.74. The number of hydrogen-bond donors (Lipinski definition) is 1. The molecule has 5 nitrogen and oxygen atoms in total. The number of amides is 2. The first-order chi connectivity index (χ1) is 15.0. The summed E-state index contributed by atoms with van der Waals surface area (Å²) in [4.78, 5) is 27.8. The maximum absolute atomic E-state index is 13.4. The van der Waals surface area contributed by atoms with Crippen molar-refractivity contribution >= 4 is 40.4 Å². The monoisotopic (exact) mass is 436 g/mol. The molecule has 1 heterocycles. The minimum absolute atomic E-state index is 0.0840. The van der Waals surface area contributed by atoms with Gasteiger partial charge < -0.3 is 10.1 Å². The number of nitrogens with one attached hydrogen (secondary N) is 1. The molecule has 0 saturated carbocycles. The number of benzene rings is 3. The fourth-order valence-electron chi connectivity index (χ4n) is 3.33. The van der Waals surface area contributed by atoms with Gasteiger partial charge >= 0.3 is 0 Å². The van der Waals surface area contributed by atoms with E-state index < -0.39 is 17.6 Å². The summed E-state index contributed by atoms with van der Waals surface area (Å²) in [6.07, 6.45) is 0. The summed E-state index contributed by atoms with van der Waals surface area (Å²) in [5.74, 6) is -0.810. The van der Waals surface area contributed by atoms with E-state index in [1.165, 1.54) is 24.3 Å². The van der Waals surface area contributed by atoms with Crippen molar-refractivity contribution in [3.8, 4) is 5.75 Å². The fraction of sp³-hybridized carbons (Fsp3) is 0.0833. The number of carbonyl (C=O) groups excluding carboxylic acids is 2. The van der Waals surface area contributed by atoms with Crippen molar-refractivity contribution in [1.29, 1.82) is 0 Å². The van der Waals surface area contributed by atoms with E-state index in [4.69, 9.17) is 16.3 Å². The van der Waals surface area contributed by atoms with E-state index in [-0.39, 0.29) is 16.3 Å². The van der Waals surface area contributed by atoms with E-state index in [0.717, 1.165) is 4.90 Å². The van der Waals surface area contributed by atoms with E-state index in [9.17, 15) is 14.0 Å². The smallest absolute Gasteiger partial charge is 0.282 e. The molecular weight excluding hydrogens is 419 g/mol. The molecule has 3 aromatic carbocycles. The maximum Gasteiger partial charge on any atom is 0.282 e. The van der Waals surface area contributed by atoms with Gasteiger partial charge in [0.15, 0.2) is 0 Å². The van der Waals surface area contributed by atoms with Crippen LogP contribution in [0.5, 0.6) is 5.75 Å². The summed E-state index contributed by atoms with van der Waals surface area (Å²) >= 11 is 6.27. The predicted octanol–water partition coefficient (Wildman–Crippen LogP) is 5.27. The Kier molecular flexibility index (Phi) is 5.73. The van der Waals surface area contributed by atoms with E-state index in [1.807, 2.05) is 6.92 Å². The number of halogens is 2. The molecule has 0 spiro atoms. The SMILES string of the molecule is CCOc1ccc(C2=C(Nc3ccc(F)cc3)C(=O)N(c3ccccc3Cl)C2=O)cc1. The number of carbonyl (C=O) groups is 2. The molecule has 0 bridgehead atoms. The number of para-hydroxylation sites is 1. The van der Waals surface area contributed by atoms with E-state index >= 15 is 0 Å². The van der Waals surface area contributed by atoms with Crippen LogP contribution < -0.4 is 15.0 Å². The summed E-state index contributed by atoms with van der Waals surface area (Å²) in [7, 11) is 0. The Bertz CT molecular complexity index is 1170. The number of anilines is 2. The zero-order chi connectivity index (χ0) is 22.0. The minimum atomic E-state index is -0.550. The molecule has 3 aromatic rings. The molecule has 0 saturated heterocycles. The normalized spacial score (nSPS) is 13.7. The maximum atomic E-state index is 13.4. The average molecular weight is 437 g/mol. The highest BCUT2D eigenvalue weighted by atomic mass is 35.5. The molecule has 0 radical (unpaired) electrons. The summed E-state index contributed by atoms with van der Waals surface area (Å²) in [5.41, 5.74) is 1.58. The zero-order valence-corrected chi connectivity index (χ0v) is 17.3. The lowest BCUT2D eigenvalue weighted by Gasteiger charge is -2.16. The fourth-order valence-corrected chi connectivity index (χ4v) is 3.55. The van der Waals surface area contributed by atoms with Crippen molar-refractivity contribution in [3.05, 3.63) is 94.9 Å². The first-order valence-electron chi connectivity index (χ1n) is 9.63. The molecule has 1 N–H and O–H groups in total. The molecular formula is C24H18ClFN2O3. The second kappa shape index (κ2) is 8.62. The Morgan fingerprint density at radius 2 is 1.61 bits per heavy atom. The highest BCUT2D eigenvalue weighted by Gasteiger charge is 2.41. The third kappa shape index (κ3) is 4.02. The van der Waals surface area contributed by atoms with Gasteiger partial charge in [0.25, 0.3) is 11.8 Å². The van der Waals surface area contributed by atoms with Gasteiger partial charge in [0, 0.05) is 5.69 Å².